The Hall–Kier alpha value is -0.560. The molecule has 15 heavy (non-hydrogen) atoms. The third kappa shape index (κ3) is 5.17. The van der Waals surface area contributed by atoms with Crippen LogP contribution in [0, 0.1) is 0 Å². The number of hydrogen-bond acceptors (Lipinski definition) is 0. The number of rotatable bonds is 5. The molecule has 1 heteroatoms. The van der Waals surface area contributed by atoms with Gasteiger partial charge in [-0.3, -0.25) is 0 Å². The van der Waals surface area contributed by atoms with Crippen LogP contribution in [0.25, 0.3) is 6.08 Å². The van der Waals surface area contributed by atoms with Gasteiger partial charge >= 0.3 is 0 Å². The fourth-order valence-electron chi connectivity index (χ4n) is 1.61. The van der Waals surface area contributed by atoms with Gasteiger partial charge in [-0.1, -0.05) is 59.5 Å². The van der Waals surface area contributed by atoms with Gasteiger partial charge in [0, 0.05) is 4.47 Å². The second kappa shape index (κ2) is 6.84. The molecule has 0 amide bonds. The first kappa shape index (κ1) is 12.5. The van der Waals surface area contributed by atoms with Gasteiger partial charge in [-0.2, -0.15) is 0 Å². The van der Waals surface area contributed by atoms with Crippen LogP contribution in [0.1, 0.15) is 45.1 Å². The first-order chi connectivity index (χ1) is 7.22. The summed E-state index contributed by atoms with van der Waals surface area (Å²) in [5.41, 5.74) is 2.76. The Bertz CT molecular complexity index is 326. The Morgan fingerprint density at radius 2 is 2.13 bits per heavy atom. The fraction of sp³-hybridized carbons (Fsp3) is 0.429. The molecule has 1 aromatic carbocycles. The van der Waals surface area contributed by atoms with E-state index in [-0.39, 0.29) is 0 Å². The van der Waals surface area contributed by atoms with Crippen molar-refractivity contribution < 1.29 is 0 Å². The summed E-state index contributed by atoms with van der Waals surface area (Å²) < 4.78 is 1.15. The molecule has 0 saturated carbocycles. The topological polar surface area (TPSA) is 0 Å². The Morgan fingerprint density at radius 1 is 1.33 bits per heavy atom. The molecule has 0 N–H and O–H groups in total. The Morgan fingerprint density at radius 3 is 2.80 bits per heavy atom. The van der Waals surface area contributed by atoms with Crippen LogP contribution in [-0.2, 0) is 0 Å². The van der Waals surface area contributed by atoms with Crippen molar-refractivity contribution in [2.45, 2.75) is 39.5 Å². The lowest BCUT2D eigenvalue weighted by Gasteiger charge is -2.01. The van der Waals surface area contributed by atoms with E-state index in [1.165, 1.54) is 36.8 Å². The summed E-state index contributed by atoms with van der Waals surface area (Å²) in [5, 5.41) is 0. The molecule has 1 rings (SSSR count). The minimum absolute atomic E-state index is 1.15. The molecule has 0 heterocycles. The number of benzene rings is 1. The first-order valence-electron chi connectivity index (χ1n) is 5.65. The molecule has 82 valence electrons. The van der Waals surface area contributed by atoms with Crippen molar-refractivity contribution in [2.75, 3.05) is 0 Å². The summed E-state index contributed by atoms with van der Waals surface area (Å²) in [6.07, 6.45) is 7.45. The van der Waals surface area contributed by atoms with Crippen LogP contribution in [0.5, 0.6) is 0 Å². The van der Waals surface area contributed by atoms with Crippen molar-refractivity contribution in [2.24, 2.45) is 0 Å². The minimum Gasteiger partial charge on any atom is -0.0727 e. The molecule has 0 aliphatic carbocycles. The summed E-state index contributed by atoms with van der Waals surface area (Å²) in [6, 6.07) is 8.44. The molecular formula is C14H19Br. The molecule has 0 aliphatic rings. The second-order valence-electron chi connectivity index (χ2n) is 4.00. The first-order valence-corrected chi connectivity index (χ1v) is 6.44. The Labute approximate surface area is 102 Å². The zero-order valence-corrected chi connectivity index (χ0v) is 11.2. The van der Waals surface area contributed by atoms with Gasteiger partial charge in [-0.25, -0.2) is 0 Å². The lowest BCUT2D eigenvalue weighted by Crippen LogP contribution is -1.80. The average Bonchev–Trinajstić information content (AvgIpc) is 2.18. The zero-order valence-electron chi connectivity index (χ0n) is 9.59. The standard InChI is InChI=1S/C14H19Br/c1-3-4-5-7-12(2)10-13-8-6-9-14(15)11-13/h6,8-11H,3-5,7H2,1-2H3/b12-10+. The van der Waals surface area contributed by atoms with Gasteiger partial charge in [-0.15, -0.1) is 0 Å². The lowest BCUT2D eigenvalue weighted by molar-refractivity contribution is 0.715. The molecule has 0 atom stereocenters. The van der Waals surface area contributed by atoms with E-state index in [1.54, 1.807) is 0 Å². The molecule has 0 aliphatic heterocycles. The van der Waals surface area contributed by atoms with Crippen LogP contribution >= 0.6 is 15.9 Å². The van der Waals surface area contributed by atoms with Crippen molar-refractivity contribution in [3.05, 3.63) is 39.9 Å². The highest BCUT2D eigenvalue weighted by molar-refractivity contribution is 9.10. The predicted octanol–water partition coefficient (Wildman–Crippen LogP) is 5.43. The normalized spacial score (nSPS) is 11.8. The highest BCUT2D eigenvalue weighted by Crippen LogP contribution is 2.16. The van der Waals surface area contributed by atoms with Gasteiger partial charge in [0.1, 0.15) is 0 Å². The molecule has 0 fully saturated rings. The van der Waals surface area contributed by atoms with Crippen molar-refractivity contribution in [3.63, 3.8) is 0 Å². The van der Waals surface area contributed by atoms with E-state index in [9.17, 15) is 0 Å². The van der Waals surface area contributed by atoms with Crippen LogP contribution in [-0.4, -0.2) is 0 Å². The number of allylic oxidation sites excluding steroid dienone is 1. The predicted molar refractivity (Wildman–Crippen MR) is 71.9 cm³/mol. The van der Waals surface area contributed by atoms with Gasteiger partial charge in [0.15, 0.2) is 0 Å². The maximum Gasteiger partial charge on any atom is 0.0181 e. The largest absolute Gasteiger partial charge is 0.0727 e. The molecule has 0 saturated heterocycles. The molecule has 0 radical (unpaired) electrons. The summed E-state index contributed by atoms with van der Waals surface area (Å²) in [7, 11) is 0. The quantitative estimate of drug-likeness (QED) is 0.624. The van der Waals surface area contributed by atoms with Gasteiger partial charge in [0.25, 0.3) is 0 Å². The number of halogens is 1. The minimum atomic E-state index is 1.15. The number of unbranched alkanes of at least 4 members (excludes halogenated alkanes) is 2. The molecule has 0 spiro atoms. The average molecular weight is 267 g/mol. The van der Waals surface area contributed by atoms with E-state index in [0.717, 1.165) is 4.47 Å². The van der Waals surface area contributed by atoms with Crippen LogP contribution in [0.4, 0.5) is 0 Å². The van der Waals surface area contributed by atoms with Crippen molar-refractivity contribution in [3.8, 4) is 0 Å². The third-order valence-corrected chi connectivity index (χ3v) is 2.93. The summed E-state index contributed by atoms with van der Waals surface area (Å²) in [6.45, 7) is 4.46. The van der Waals surface area contributed by atoms with Gasteiger partial charge in [-0.05, 0) is 37.5 Å². The monoisotopic (exact) mass is 266 g/mol. The fourth-order valence-corrected chi connectivity index (χ4v) is 2.02. The van der Waals surface area contributed by atoms with E-state index >= 15 is 0 Å². The van der Waals surface area contributed by atoms with Crippen LogP contribution in [0.15, 0.2) is 34.3 Å². The Kier molecular flexibility index (Phi) is 5.70. The summed E-state index contributed by atoms with van der Waals surface area (Å²) >= 11 is 3.49. The molecule has 0 unspecified atom stereocenters. The molecule has 0 bridgehead atoms. The van der Waals surface area contributed by atoms with Crippen LogP contribution in [0.2, 0.25) is 0 Å². The lowest BCUT2D eigenvalue weighted by atomic mass is 10.1. The Balaban J connectivity index is 2.54. The van der Waals surface area contributed by atoms with E-state index in [2.05, 4.69) is 60.1 Å². The molecule has 0 nitrogen and oxygen atoms in total. The zero-order chi connectivity index (χ0) is 11.1. The van der Waals surface area contributed by atoms with Crippen molar-refractivity contribution in [1.82, 2.24) is 0 Å². The highest BCUT2D eigenvalue weighted by Gasteiger charge is 1.93. The summed E-state index contributed by atoms with van der Waals surface area (Å²) in [5.74, 6) is 0. The van der Waals surface area contributed by atoms with Crippen molar-refractivity contribution >= 4 is 22.0 Å². The molecule has 1 aromatic rings. The van der Waals surface area contributed by atoms with Gasteiger partial charge in [0.05, 0.1) is 0 Å². The summed E-state index contributed by atoms with van der Waals surface area (Å²) in [4.78, 5) is 0. The third-order valence-electron chi connectivity index (χ3n) is 2.44. The second-order valence-corrected chi connectivity index (χ2v) is 4.92. The van der Waals surface area contributed by atoms with E-state index in [4.69, 9.17) is 0 Å². The SMILES string of the molecule is CCCCC/C(C)=C/c1cccc(Br)c1. The molecule has 0 aromatic heterocycles. The maximum absolute atomic E-state index is 3.49. The maximum atomic E-state index is 3.49. The number of hydrogen-bond donors (Lipinski definition) is 0. The smallest absolute Gasteiger partial charge is 0.0181 e. The molecular weight excluding hydrogens is 248 g/mol. The highest BCUT2D eigenvalue weighted by atomic mass is 79.9. The van der Waals surface area contributed by atoms with Crippen LogP contribution in [0.3, 0.4) is 0 Å². The van der Waals surface area contributed by atoms with E-state index in [1.807, 2.05) is 0 Å². The van der Waals surface area contributed by atoms with Crippen molar-refractivity contribution in [1.29, 1.82) is 0 Å². The van der Waals surface area contributed by atoms with Gasteiger partial charge in [0.2, 0.25) is 0 Å². The van der Waals surface area contributed by atoms with Crippen LogP contribution < -0.4 is 0 Å². The van der Waals surface area contributed by atoms with E-state index in [0.29, 0.717) is 0 Å². The van der Waals surface area contributed by atoms with E-state index < -0.39 is 0 Å². The van der Waals surface area contributed by atoms with Gasteiger partial charge < -0.3 is 0 Å².